The third-order valence-corrected chi connectivity index (χ3v) is 4.82. The van der Waals surface area contributed by atoms with Crippen molar-refractivity contribution in [2.24, 2.45) is 11.7 Å². The second-order valence-electron chi connectivity index (χ2n) is 6.83. The maximum Gasteiger partial charge on any atom is 0.224 e. The Morgan fingerprint density at radius 1 is 1.38 bits per heavy atom. The van der Waals surface area contributed by atoms with Gasteiger partial charge in [0.25, 0.3) is 0 Å². The average molecular weight is 288 g/mol. The maximum absolute atomic E-state index is 12.4. The number of carbonyl (C=O) groups is 1. The van der Waals surface area contributed by atoms with Gasteiger partial charge in [0.1, 0.15) is 0 Å². The van der Waals surface area contributed by atoms with Gasteiger partial charge in [0.2, 0.25) is 5.91 Å². The van der Waals surface area contributed by atoms with E-state index in [1.54, 1.807) is 0 Å². The van der Waals surface area contributed by atoms with E-state index < -0.39 is 0 Å². The van der Waals surface area contributed by atoms with Crippen LogP contribution < -0.4 is 11.1 Å². The second kappa shape index (κ2) is 6.61. The zero-order chi connectivity index (χ0) is 15.5. The van der Waals surface area contributed by atoms with E-state index in [9.17, 15) is 4.79 Å². The van der Waals surface area contributed by atoms with E-state index in [1.807, 2.05) is 6.07 Å². The standard InChI is InChI=1S/C18H28N2O/c1-13-5-4-8-18(11-13,12-19)20-17(21)10-16-7-6-14(2)15(3)9-16/h6-7,9,13H,4-5,8,10-12,19H2,1-3H3,(H,20,21). The van der Waals surface area contributed by atoms with Gasteiger partial charge in [0.05, 0.1) is 12.0 Å². The molecule has 3 heteroatoms. The largest absolute Gasteiger partial charge is 0.349 e. The first kappa shape index (κ1) is 16.0. The highest BCUT2D eigenvalue weighted by atomic mass is 16.1. The number of hydrogen-bond donors (Lipinski definition) is 2. The fourth-order valence-corrected chi connectivity index (χ4v) is 3.45. The van der Waals surface area contributed by atoms with Crippen molar-refractivity contribution in [3.63, 3.8) is 0 Å². The first-order valence-electron chi connectivity index (χ1n) is 8.01. The van der Waals surface area contributed by atoms with Crippen LogP contribution in [-0.4, -0.2) is 18.0 Å². The Balaban J connectivity index is 2.01. The lowest BCUT2D eigenvalue weighted by molar-refractivity contribution is -0.122. The van der Waals surface area contributed by atoms with E-state index in [-0.39, 0.29) is 11.4 Å². The second-order valence-corrected chi connectivity index (χ2v) is 6.83. The lowest BCUT2D eigenvalue weighted by Gasteiger charge is -2.40. The Bertz CT molecular complexity index is 512. The van der Waals surface area contributed by atoms with Gasteiger partial charge in [-0.15, -0.1) is 0 Å². The minimum Gasteiger partial charge on any atom is -0.349 e. The number of aryl methyl sites for hydroxylation is 2. The summed E-state index contributed by atoms with van der Waals surface area (Å²) in [5.74, 6) is 0.738. The van der Waals surface area contributed by atoms with Gasteiger partial charge in [0.15, 0.2) is 0 Å². The Labute approximate surface area is 128 Å². The molecule has 1 aromatic rings. The number of nitrogens with two attached hydrogens (primary N) is 1. The highest BCUT2D eigenvalue weighted by Gasteiger charge is 2.34. The number of benzene rings is 1. The molecular weight excluding hydrogens is 260 g/mol. The van der Waals surface area contributed by atoms with Crippen LogP contribution in [0.4, 0.5) is 0 Å². The SMILES string of the molecule is Cc1ccc(CC(=O)NC2(CN)CCCC(C)C2)cc1C. The summed E-state index contributed by atoms with van der Waals surface area (Å²) in [5.41, 5.74) is 9.36. The summed E-state index contributed by atoms with van der Waals surface area (Å²) in [5, 5.41) is 3.23. The zero-order valence-corrected chi connectivity index (χ0v) is 13.5. The van der Waals surface area contributed by atoms with E-state index in [2.05, 4.69) is 38.2 Å². The molecule has 0 aliphatic heterocycles. The molecule has 3 N–H and O–H groups in total. The van der Waals surface area contributed by atoms with Crippen LogP contribution in [0, 0.1) is 19.8 Å². The van der Waals surface area contributed by atoms with E-state index >= 15 is 0 Å². The van der Waals surface area contributed by atoms with E-state index in [0.717, 1.165) is 24.8 Å². The van der Waals surface area contributed by atoms with Crippen molar-refractivity contribution in [2.45, 2.75) is 58.4 Å². The molecule has 116 valence electrons. The van der Waals surface area contributed by atoms with Gasteiger partial charge >= 0.3 is 0 Å². The number of amides is 1. The van der Waals surface area contributed by atoms with E-state index in [4.69, 9.17) is 5.73 Å². The summed E-state index contributed by atoms with van der Waals surface area (Å²) >= 11 is 0. The summed E-state index contributed by atoms with van der Waals surface area (Å²) in [6.45, 7) is 6.96. The summed E-state index contributed by atoms with van der Waals surface area (Å²) in [6.07, 6.45) is 4.85. The van der Waals surface area contributed by atoms with E-state index in [0.29, 0.717) is 18.9 Å². The first-order chi connectivity index (χ1) is 9.94. The highest BCUT2D eigenvalue weighted by molar-refractivity contribution is 5.79. The molecule has 0 radical (unpaired) electrons. The van der Waals surface area contributed by atoms with Crippen LogP contribution in [0.2, 0.25) is 0 Å². The average Bonchev–Trinajstić information content (AvgIpc) is 2.43. The molecule has 2 unspecified atom stereocenters. The fourth-order valence-electron chi connectivity index (χ4n) is 3.45. The van der Waals surface area contributed by atoms with Crippen molar-refractivity contribution in [3.05, 3.63) is 34.9 Å². The Kier molecular flexibility index (Phi) is 5.04. The molecule has 1 amide bonds. The molecule has 1 aromatic carbocycles. The van der Waals surface area contributed by atoms with Crippen LogP contribution in [0.15, 0.2) is 18.2 Å². The predicted octanol–water partition coefficient (Wildman–Crippen LogP) is 2.87. The minimum atomic E-state index is -0.186. The topological polar surface area (TPSA) is 55.1 Å². The lowest BCUT2D eigenvalue weighted by atomic mass is 9.76. The monoisotopic (exact) mass is 288 g/mol. The molecule has 0 spiro atoms. The molecule has 2 rings (SSSR count). The van der Waals surface area contributed by atoms with Crippen LogP contribution in [0.3, 0.4) is 0 Å². The van der Waals surface area contributed by atoms with Gasteiger partial charge in [-0.05, 0) is 49.3 Å². The third kappa shape index (κ3) is 4.07. The fraction of sp³-hybridized carbons (Fsp3) is 0.611. The molecule has 0 saturated heterocycles. The van der Waals surface area contributed by atoms with Crippen LogP contribution in [-0.2, 0) is 11.2 Å². The van der Waals surface area contributed by atoms with Crippen molar-refractivity contribution < 1.29 is 4.79 Å². The van der Waals surface area contributed by atoms with Crippen molar-refractivity contribution >= 4 is 5.91 Å². The molecule has 0 heterocycles. The predicted molar refractivity (Wildman–Crippen MR) is 87.2 cm³/mol. The maximum atomic E-state index is 12.4. The molecule has 3 nitrogen and oxygen atoms in total. The highest BCUT2D eigenvalue weighted by Crippen LogP contribution is 2.31. The van der Waals surface area contributed by atoms with Crippen molar-refractivity contribution in [1.29, 1.82) is 0 Å². The third-order valence-electron chi connectivity index (χ3n) is 4.82. The number of carbonyl (C=O) groups excluding carboxylic acids is 1. The molecule has 21 heavy (non-hydrogen) atoms. The Morgan fingerprint density at radius 3 is 2.76 bits per heavy atom. The quantitative estimate of drug-likeness (QED) is 0.895. The summed E-state index contributed by atoms with van der Waals surface area (Å²) in [7, 11) is 0. The van der Waals surface area contributed by atoms with Gasteiger partial charge in [-0.25, -0.2) is 0 Å². The van der Waals surface area contributed by atoms with Gasteiger partial charge in [-0.2, -0.15) is 0 Å². The van der Waals surface area contributed by atoms with Crippen LogP contribution in [0.5, 0.6) is 0 Å². The summed E-state index contributed by atoms with van der Waals surface area (Å²) in [4.78, 5) is 12.4. The molecule has 1 aliphatic carbocycles. The number of rotatable bonds is 4. The molecule has 1 aliphatic rings. The molecule has 1 fully saturated rings. The minimum absolute atomic E-state index is 0.0952. The summed E-state index contributed by atoms with van der Waals surface area (Å²) < 4.78 is 0. The van der Waals surface area contributed by atoms with Gasteiger partial charge < -0.3 is 11.1 Å². The first-order valence-corrected chi connectivity index (χ1v) is 8.01. The van der Waals surface area contributed by atoms with Gasteiger partial charge in [0, 0.05) is 6.54 Å². The molecule has 2 atom stereocenters. The molecule has 1 saturated carbocycles. The zero-order valence-electron chi connectivity index (χ0n) is 13.5. The van der Waals surface area contributed by atoms with Gasteiger partial charge in [-0.1, -0.05) is 38.0 Å². The van der Waals surface area contributed by atoms with Crippen molar-refractivity contribution in [3.8, 4) is 0 Å². The van der Waals surface area contributed by atoms with Crippen LogP contribution in [0.25, 0.3) is 0 Å². The smallest absolute Gasteiger partial charge is 0.224 e. The van der Waals surface area contributed by atoms with E-state index in [1.165, 1.54) is 17.5 Å². The molecule has 0 aromatic heterocycles. The van der Waals surface area contributed by atoms with Crippen LogP contribution >= 0.6 is 0 Å². The van der Waals surface area contributed by atoms with Crippen LogP contribution in [0.1, 0.15) is 49.3 Å². The van der Waals surface area contributed by atoms with Crippen molar-refractivity contribution in [2.75, 3.05) is 6.54 Å². The molecular formula is C18H28N2O. The summed E-state index contributed by atoms with van der Waals surface area (Å²) in [6, 6.07) is 6.23. The van der Waals surface area contributed by atoms with Crippen molar-refractivity contribution in [1.82, 2.24) is 5.32 Å². The molecule has 0 bridgehead atoms. The Hall–Kier alpha value is -1.35. The normalized spacial score (nSPS) is 25.6. The number of nitrogens with one attached hydrogen (secondary N) is 1. The lowest BCUT2D eigenvalue weighted by Crippen LogP contribution is -2.56. The Morgan fingerprint density at radius 2 is 2.14 bits per heavy atom. The number of hydrogen-bond acceptors (Lipinski definition) is 2. The van der Waals surface area contributed by atoms with Gasteiger partial charge in [-0.3, -0.25) is 4.79 Å².